The molecule has 0 fully saturated rings. The van der Waals surface area contributed by atoms with Gasteiger partial charge >= 0.3 is 0 Å². The smallest absolute Gasteiger partial charge is 0.235 e. The number of hydrogen-bond donors (Lipinski definition) is 0. The Hall–Kier alpha value is -2.62. The molecule has 2 aromatic rings. The Morgan fingerprint density at radius 3 is 2.63 bits per heavy atom. The largest absolute Gasteiger partial charge is 0.489 e. The number of ether oxygens (including phenoxy) is 1. The molecular weight excluding hydrogens is 242 g/mol. The van der Waals surface area contributed by atoms with E-state index in [1.165, 1.54) is 6.08 Å². The molecule has 0 saturated heterocycles. The summed E-state index contributed by atoms with van der Waals surface area (Å²) in [6, 6.07) is 17.0. The molecule has 2 rings (SSSR count). The van der Waals surface area contributed by atoms with E-state index in [4.69, 9.17) is 4.74 Å². The Kier molecular flexibility index (Phi) is 4.29. The van der Waals surface area contributed by atoms with Gasteiger partial charge in [0.15, 0.2) is 0 Å². The Bertz CT molecular complexity index is 579. The van der Waals surface area contributed by atoms with Gasteiger partial charge in [0.2, 0.25) is 6.20 Å². The molecule has 0 aliphatic heterocycles. The molecule has 4 heteroatoms. The predicted octanol–water partition coefficient (Wildman–Crippen LogP) is 3.51. The van der Waals surface area contributed by atoms with E-state index in [0.29, 0.717) is 12.4 Å². The van der Waals surface area contributed by atoms with Gasteiger partial charge in [0.05, 0.1) is 4.92 Å². The standard InChI is InChI=1S/C15H13NO3/c17-16(18)10-9-13-7-4-8-15(11-13)19-12-14-5-2-1-3-6-14/h1-11H,12H2/b10-9-. The van der Waals surface area contributed by atoms with Crippen LogP contribution in [0.5, 0.6) is 5.75 Å². The summed E-state index contributed by atoms with van der Waals surface area (Å²) in [6.45, 7) is 0.475. The predicted molar refractivity (Wildman–Crippen MR) is 73.2 cm³/mol. The minimum Gasteiger partial charge on any atom is -0.489 e. The number of nitrogens with zero attached hydrogens (tertiary/aromatic N) is 1. The average molecular weight is 255 g/mol. The zero-order valence-corrected chi connectivity index (χ0v) is 10.2. The topological polar surface area (TPSA) is 52.4 Å². The molecular formula is C15H13NO3. The lowest BCUT2D eigenvalue weighted by Crippen LogP contribution is -1.95. The molecule has 0 unspecified atom stereocenters. The Morgan fingerprint density at radius 1 is 1.11 bits per heavy atom. The molecule has 0 amide bonds. The van der Waals surface area contributed by atoms with E-state index in [2.05, 4.69) is 0 Å². The van der Waals surface area contributed by atoms with Gasteiger partial charge in [0, 0.05) is 6.08 Å². The number of nitro groups is 1. The Morgan fingerprint density at radius 2 is 1.89 bits per heavy atom. The summed E-state index contributed by atoms with van der Waals surface area (Å²) < 4.78 is 5.64. The van der Waals surface area contributed by atoms with Crippen LogP contribution in [-0.2, 0) is 6.61 Å². The van der Waals surface area contributed by atoms with Gasteiger partial charge in [-0.1, -0.05) is 42.5 Å². The Labute approximate surface area is 111 Å². The van der Waals surface area contributed by atoms with Gasteiger partial charge in [0.25, 0.3) is 0 Å². The maximum Gasteiger partial charge on any atom is 0.235 e. The van der Waals surface area contributed by atoms with Gasteiger partial charge in [-0.25, -0.2) is 0 Å². The van der Waals surface area contributed by atoms with Gasteiger partial charge in [-0.3, -0.25) is 10.1 Å². The molecule has 2 aromatic carbocycles. The minimum absolute atomic E-state index is 0.475. The first-order chi connectivity index (χ1) is 9.24. The van der Waals surface area contributed by atoms with Crippen LogP contribution in [0.4, 0.5) is 0 Å². The van der Waals surface area contributed by atoms with Gasteiger partial charge in [0.1, 0.15) is 12.4 Å². The van der Waals surface area contributed by atoms with Crippen molar-refractivity contribution in [1.29, 1.82) is 0 Å². The number of hydrogen-bond acceptors (Lipinski definition) is 3. The second kappa shape index (κ2) is 6.35. The van der Waals surface area contributed by atoms with E-state index >= 15 is 0 Å². The van der Waals surface area contributed by atoms with E-state index in [0.717, 1.165) is 17.3 Å². The average Bonchev–Trinajstić information content (AvgIpc) is 2.44. The van der Waals surface area contributed by atoms with Crippen LogP contribution < -0.4 is 4.74 Å². The normalized spacial score (nSPS) is 10.5. The van der Waals surface area contributed by atoms with Crippen molar-refractivity contribution in [2.75, 3.05) is 0 Å². The third-order valence-corrected chi connectivity index (χ3v) is 2.50. The first-order valence-corrected chi connectivity index (χ1v) is 5.82. The first-order valence-electron chi connectivity index (χ1n) is 5.82. The van der Waals surface area contributed by atoms with Crippen molar-refractivity contribution >= 4 is 6.08 Å². The highest BCUT2D eigenvalue weighted by Crippen LogP contribution is 2.16. The molecule has 0 N–H and O–H groups in total. The summed E-state index contributed by atoms with van der Waals surface area (Å²) in [5.41, 5.74) is 1.82. The van der Waals surface area contributed by atoms with E-state index in [1.54, 1.807) is 18.2 Å². The molecule has 0 spiro atoms. The van der Waals surface area contributed by atoms with Crippen molar-refractivity contribution in [3.63, 3.8) is 0 Å². The molecule has 0 radical (unpaired) electrons. The maximum absolute atomic E-state index is 10.3. The maximum atomic E-state index is 10.3. The van der Waals surface area contributed by atoms with Crippen molar-refractivity contribution in [2.24, 2.45) is 0 Å². The summed E-state index contributed by atoms with van der Waals surface area (Å²) >= 11 is 0. The lowest BCUT2D eigenvalue weighted by atomic mass is 10.2. The van der Waals surface area contributed by atoms with E-state index < -0.39 is 4.92 Å². The SMILES string of the molecule is O=[N+]([O-])/C=C\c1cccc(OCc2ccccc2)c1. The van der Waals surface area contributed by atoms with Gasteiger partial charge in [-0.2, -0.15) is 0 Å². The summed E-state index contributed by atoms with van der Waals surface area (Å²) in [4.78, 5) is 9.77. The van der Waals surface area contributed by atoms with Crippen LogP contribution >= 0.6 is 0 Å². The Balaban J connectivity index is 2.01. The quantitative estimate of drug-likeness (QED) is 0.606. The summed E-state index contributed by atoms with van der Waals surface area (Å²) in [7, 11) is 0. The van der Waals surface area contributed by atoms with Crippen LogP contribution in [0, 0.1) is 10.1 Å². The van der Waals surface area contributed by atoms with Crippen molar-refractivity contribution in [3.8, 4) is 5.75 Å². The molecule has 0 aromatic heterocycles. The van der Waals surface area contributed by atoms with Crippen LogP contribution in [0.15, 0.2) is 60.8 Å². The molecule has 0 atom stereocenters. The fraction of sp³-hybridized carbons (Fsp3) is 0.0667. The fourth-order valence-electron chi connectivity index (χ4n) is 1.60. The number of rotatable bonds is 5. The molecule has 4 nitrogen and oxygen atoms in total. The minimum atomic E-state index is -0.489. The zero-order chi connectivity index (χ0) is 13.5. The van der Waals surface area contributed by atoms with Gasteiger partial charge in [-0.05, 0) is 23.3 Å². The van der Waals surface area contributed by atoms with Crippen LogP contribution in [0.2, 0.25) is 0 Å². The first kappa shape index (κ1) is 12.8. The lowest BCUT2D eigenvalue weighted by Gasteiger charge is -2.06. The highest BCUT2D eigenvalue weighted by Gasteiger charge is 1.97. The highest BCUT2D eigenvalue weighted by atomic mass is 16.6. The fourth-order valence-corrected chi connectivity index (χ4v) is 1.60. The summed E-state index contributed by atoms with van der Waals surface area (Å²) in [6.07, 6.45) is 2.35. The monoisotopic (exact) mass is 255 g/mol. The van der Waals surface area contributed by atoms with Gasteiger partial charge in [-0.15, -0.1) is 0 Å². The summed E-state index contributed by atoms with van der Waals surface area (Å²) in [5.74, 6) is 0.689. The van der Waals surface area contributed by atoms with Crippen LogP contribution in [0.1, 0.15) is 11.1 Å². The van der Waals surface area contributed by atoms with Crippen molar-refractivity contribution in [1.82, 2.24) is 0 Å². The molecule has 96 valence electrons. The van der Waals surface area contributed by atoms with E-state index in [-0.39, 0.29) is 0 Å². The molecule has 19 heavy (non-hydrogen) atoms. The molecule has 0 aliphatic carbocycles. The van der Waals surface area contributed by atoms with Crippen LogP contribution in [-0.4, -0.2) is 4.92 Å². The van der Waals surface area contributed by atoms with Crippen molar-refractivity contribution < 1.29 is 9.66 Å². The van der Waals surface area contributed by atoms with E-state index in [1.807, 2.05) is 36.4 Å². The molecule has 0 aliphatic rings. The van der Waals surface area contributed by atoms with Crippen molar-refractivity contribution in [2.45, 2.75) is 6.61 Å². The highest BCUT2D eigenvalue weighted by molar-refractivity contribution is 5.50. The lowest BCUT2D eigenvalue weighted by molar-refractivity contribution is -0.400. The molecule has 0 heterocycles. The zero-order valence-electron chi connectivity index (χ0n) is 10.2. The van der Waals surface area contributed by atoms with E-state index in [9.17, 15) is 10.1 Å². The third kappa shape index (κ3) is 4.27. The van der Waals surface area contributed by atoms with Gasteiger partial charge < -0.3 is 4.74 Å². The summed E-state index contributed by atoms with van der Waals surface area (Å²) in [5, 5.41) is 10.3. The van der Waals surface area contributed by atoms with Crippen LogP contribution in [0.25, 0.3) is 6.08 Å². The second-order valence-corrected chi connectivity index (χ2v) is 3.95. The molecule has 0 bridgehead atoms. The third-order valence-electron chi connectivity index (χ3n) is 2.50. The van der Waals surface area contributed by atoms with Crippen molar-refractivity contribution in [3.05, 3.63) is 82.0 Å². The van der Waals surface area contributed by atoms with Crippen LogP contribution in [0.3, 0.4) is 0 Å². The number of benzene rings is 2. The second-order valence-electron chi connectivity index (χ2n) is 3.95. The molecule has 0 saturated carbocycles.